The van der Waals surface area contributed by atoms with Crippen molar-refractivity contribution in [3.05, 3.63) is 28.7 Å². The predicted octanol–water partition coefficient (Wildman–Crippen LogP) is 2.14. The van der Waals surface area contributed by atoms with Crippen molar-refractivity contribution >= 4 is 45.0 Å². The largest absolute Gasteiger partial charge is 0.398 e. The number of nitrogens with zero attached hydrogens (tertiary/aromatic N) is 2. The molecule has 2 aromatic rings. The lowest BCUT2D eigenvalue weighted by Gasteiger charge is -2.05. The molecule has 2 rings (SSSR count). The van der Waals surface area contributed by atoms with E-state index < -0.39 is 0 Å². The van der Waals surface area contributed by atoms with Crippen molar-refractivity contribution in [3.8, 4) is 0 Å². The Balaban J connectivity index is 2.31. The molecule has 1 aromatic heterocycles. The molecular formula is C10H10BrN5S. The van der Waals surface area contributed by atoms with Crippen molar-refractivity contribution < 1.29 is 0 Å². The Morgan fingerprint density at radius 3 is 2.24 bits per heavy atom. The van der Waals surface area contributed by atoms with Crippen LogP contribution in [0.1, 0.15) is 0 Å². The van der Waals surface area contributed by atoms with Crippen molar-refractivity contribution in [1.82, 2.24) is 9.97 Å². The summed E-state index contributed by atoms with van der Waals surface area (Å²) in [4.78, 5) is 9.01. The lowest BCUT2D eigenvalue weighted by atomic mass is 10.3. The standard InChI is InChI=1S/C10H10BrN5S/c11-5-1-2-7(6(12)3-5)17-10-15-8(13)4-9(14)16-10/h1-4H,12H2,(H4,13,14,15,16). The van der Waals surface area contributed by atoms with Crippen LogP contribution in [0.2, 0.25) is 0 Å². The van der Waals surface area contributed by atoms with Gasteiger partial charge in [-0.05, 0) is 30.0 Å². The quantitative estimate of drug-likeness (QED) is 0.580. The minimum atomic E-state index is 0.343. The normalized spacial score (nSPS) is 10.4. The third-order valence-electron chi connectivity index (χ3n) is 1.92. The molecule has 0 amide bonds. The molecule has 1 heterocycles. The Kier molecular flexibility index (Phi) is 3.39. The van der Waals surface area contributed by atoms with Gasteiger partial charge < -0.3 is 17.2 Å². The number of anilines is 3. The maximum atomic E-state index is 5.88. The van der Waals surface area contributed by atoms with Crippen LogP contribution in [0.3, 0.4) is 0 Å². The van der Waals surface area contributed by atoms with Crippen LogP contribution in [0.15, 0.2) is 38.8 Å². The van der Waals surface area contributed by atoms with Gasteiger partial charge in [0.25, 0.3) is 0 Å². The number of rotatable bonds is 2. The van der Waals surface area contributed by atoms with Gasteiger partial charge in [-0.2, -0.15) is 0 Å². The van der Waals surface area contributed by atoms with Crippen LogP contribution in [-0.2, 0) is 0 Å². The number of nitrogen functional groups attached to an aromatic ring is 3. The van der Waals surface area contributed by atoms with Crippen molar-refractivity contribution in [1.29, 1.82) is 0 Å². The second-order valence-electron chi connectivity index (χ2n) is 3.28. The molecule has 0 bridgehead atoms. The molecule has 0 saturated heterocycles. The molecule has 5 nitrogen and oxygen atoms in total. The SMILES string of the molecule is Nc1cc(N)nc(Sc2ccc(Br)cc2N)n1. The lowest BCUT2D eigenvalue weighted by Crippen LogP contribution is -1.99. The van der Waals surface area contributed by atoms with Crippen molar-refractivity contribution in [2.45, 2.75) is 10.1 Å². The Morgan fingerprint density at radius 1 is 1.00 bits per heavy atom. The smallest absolute Gasteiger partial charge is 0.196 e. The molecule has 0 radical (unpaired) electrons. The first-order chi connectivity index (χ1) is 8.04. The number of nitrogens with two attached hydrogens (primary N) is 3. The number of hydrogen-bond donors (Lipinski definition) is 3. The van der Waals surface area contributed by atoms with Gasteiger partial charge in [-0.3, -0.25) is 0 Å². The molecule has 0 unspecified atom stereocenters. The average Bonchev–Trinajstić information content (AvgIpc) is 2.21. The van der Waals surface area contributed by atoms with Gasteiger partial charge in [-0.1, -0.05) is 15.9 Å². The van der Waals surface area contributed by atoms with Crippen LogP contribution in [0.4, 0.5) is 17.3 Å². The summed E-state index contributed by atoms with van der Waals surface area (Å²) in [6.07, 6.45) is 0. The van der Waals surface area contributed by atoms with Crippen LogP contribution in [0, 0.1) is 0 Å². The Bertz CT molecular complexity index is 540. The first-order valence-electron chi connectivity index (χ1n) is 4.67. The molecule has 7 heteroatoms. The van der Waals surface area contributed by atoms with E-state index in [4.69, 9.17) is 17.2 Å². The molecule has 0 aliphatic carbocycles. The van der Waals surface area contributed by atoms with Gasteiger partial charge in [0.15, 0.2) is 5.16 Å². The van der Waals surface area contributed by atoms with Crippen LogP contribution in [0.5, 0.6) is 0 Å². The molecule has 88 valence electrons. The van der Waals surface area contributed by atoms with E-state index in [9.17, 15) is 0 Å². The summed E-state index contributed by atoms with van der Waals surface area (Å²) >= 11 is 4.67. The lowest BCUT2D eigenvalue weighted by molar-refractivity contribution is 0.985. The Labute approximate surface area is 111 Å². The van der Waals surface area contributed by atoms with Crippen molar-refractivity contribution in [2.24, 2.45) is 0 Å². The second kappa shape index (κ2) is 4.80. The average molecular weight is 312 g/mol. The van der Waals surface area contributed by atoms with Crippen molar-refractivity contribution in [2.75, 3.05) is 17.2 Å². The van der Waals surface area contributed by atoms with Crippen molar-refractivity contribution in [3.63, 3.8) is 0 Å². The molecule has 17 heavy (non-hydrogen) atoms. The molecule has 0 atom stereocenters. The van der Waals surface area contributed by atoms with E-state index in [-0.39, 0.29) is 0 Å². The minimum absolute atomic E-state index is 0.343. The summed E-state index contributed by atoms with van der Waals surface area (Å²) in [5.41, 5.74) is 17.7. The third kappa shape index (κ3) is 3.01. The van der Waals surface area contributed by atoms with Gasteiger partial charge in [0.2, 0.25) is 0 Å². The highest BCUT2D eigenvalue weighted by Gasteiger charge is 2.06. The minimum Gasteiger partial charge on any atom is -0.398 e. The van der Waals surface area contributed by atoms with E-state index >= 15 is 0 Å². The fraction of sp³-hybridized carbons (Fsp3) is 0. The van der Waals surface area contributed by atoms with Crippen LogP contribution in [0.25, 0.3) is 0 Å². The molecule has 0 aliphatic heterocycles. The Hall–Kier alpha value is -1.47. The van der Waals surface area contributed by atoms with Crippen LogP contribution >= 0.6 is 27.7 Å². The van der Waals surface area contributed by atoms with Gasteiger partial charge in [0, 0.05) is 21.1 Å². The van der Waals surface area contributed by atoms with Gasteiger partial charge in [-0.25, -0.2) is 9.97 Å². The zero-order valence-corrected chi connectivity index (χ0v) is 11.1. The van der Waals surface area contributed by atoms with E-state index in [1.54, 1.807) is 0 Å². The van der Waals surface area contributed by atoms with Gasteiger partial charge in [-0.15, -0.1) is 0 Å². The van der Waals surface area contributed by atoms with E-state index in [1.807, 2.05) is 18.2 Å². The van der Waals surface area contributed by atoms with Gasteiger partial charge in [0.05, 0.1) is 0 Å². The summed E-state index contributed by atoms with van der Waals surface area (Å²) < 4.78 is 0.923. The molecule has 1 aromatic carbocycles. The van der Waals surface area contributed by atoms with Gasteiger partial charge >= 0.3 is 0 Å². The molecule has 0 aliphatic rings. The predicted molar refractivity (Wildman–Crippen MR) is 73.5 cm³/mol. The van der Waals surface area contributed by atoms with E-state index in [2.05, 4.69) is 25.9 Å². The first-order valence-corrected chi connectivity index (χ1v) is 6.28. The fourth-order valence-corrected chi connectivity index (χ4v) is 2.41. The monoisotopic (exact) mass is 311 g/mol. The molecular weight excluding hydrogens is 302 g/mol. The molecule has 6 N–H and O–H groups in total. The Morgan fingerprint density at radius 2 is 1.65 bits per heavy atom. The highest BCUT2D eigenvalue weighted by Crippen LogP contribution is 2.32. The molecule has 0 saturated carbocycles. The summed E-state index contributed by atoms with van der Waals surface area (Å²) in [6.45, 7) is 0. The maximum absolute atomic E-state index is 5.88. The van der Waals surface area contributed by atoms with Crippen LogP contribution in [-0.4, -0.2) is 9.97 Å². The van der Waals surface area contributed by atoms with E-state index in [0.717, 1.165) is 9.37 Å². The zero-order valence-electron chi connectivity index (χ0n) is 8.72. The second-order valence-corrected chi connectivity index (χ2v) is 5.21. The maximum Gasteiger partial charge on any atom is 0.196 e. The highest BCUT2D eigenvalue weighted by molar-refractivity contribution is 9.10. The number of aromatic nitrogens is 2. The zero-order chi connectivity index (χ0) is 12.4. The fourth-order valence-electron chi connectivity index (χ4n) is 1.22. The summed E-state index contributed by atoms with van der Waals surface area (Å²) in [6, 6.07) is 7.11. The number of halogens is 1. The summed E-state index contributed by atoms with van der Waals surface area (Å²) in [5.74, 6) is 0.686. The third-order valence-corrected chi connectivity index (χ3v) is 3.37. The molecule has 0 spiro atoms. The van der Waals surface area contributed by atoms with Gasteiger partial charge in [0.1, 0.15) is 11.6 Å². The van der Waals surface area contributed by atoms with E-state index in [1.165, 1.54) is 17.8 Å². The number of benzene rings is 1. The number of hydrogen-bond acceptors (Lipinski definition) is 6. The highest BCUT2D eigenvalue weighted by atomic mass is 79.9. The summed E-state index contributed by atoms with van der Waals surface area (Å²) in [7, 11) is 0. The van der Waals surface area contributed by atoms with E-state index in [0.29, 0.717) is 22.5 Å². The first kappa shape index (κ1) is 12.0. The molecule has 0 fully saturated rings. The van der Waals surface area contributed by atoms with Crippen LogP contribution < -0.4 is 17.2 Å². The summed E-state index contributed by atoms with van der Waals surface area (Å²) in [5, 5.41) is 0.483. The topological polar surface area (TPSA) is 104 Å².